The molecule has 1 atom stereocenters. The number of carbonyl (C=O) groups excluding carboxylic acids is 1. The summed E-state index contributed by atoms with van der Waals surface area (Å²) in [7, 11) is -3.86. The number of hydrogen-bond donors (Lipinski definition) is 2. The lowest BCUT2D eigenvalue weighted by Crippen LogP contribution is -2.34. The molecule has 1 unspecified atom stereocenters. The van der Waals surface area contributed by atoms with Gasteiger partial charge in [-0.3, -0.25) is 4.79 Å². The van der Waals surface area contributed by atoms with Gasteiger partial charge < -0.3 is 10.4 Å². The van der Waals surface area contributed by atoms with Crippen LogP contribution in [0.25, 0.3) is 0 Å². The lowest BCUT2D eigenvalue weighted by atomic mass is 10.0. The maximum atomic E-state index is 12.6. The predicted octanol–water partition coefficient (Wildman–Crippen LogP) is 2.09. The minimum atomic E-state index is -3.86. The van der Waals surface area contributed by atoms with Crippen LogP contribution in [0.1, 0.15) is 18.9 Å². The molecule has 1 aromatic rings. The summed E-state index contributed by atoms with van der Waals surface area (Å²) in [5.41, 5.74) is 1.35. The van der Waals surface area contributed by atoms with Crippen LogP contribution < -0.4 is 5.32 Å². The van der Waals surface area contributed by atoms with Crippen molar-refractivity contribution in [3.05, 3.63) is 53.3 Å². The number of Topliss-reactive ketones (excluding diaryl/α,β-unsaturated/α-hetero) is 1. The zero-order valence-electron chi connectivity index (χ0n) is 13.2. The molecule has 0 spiro atoms. The van der Waals surface area contributed by atoms with E-state index >= 15 is 0 Å². The molecule has 0 saturated heterocycles. The molecule has 124 valence electrons. The molecule has 0 fully saturated rings. The fourth-order valence-corrected chi connectivity index (χ4v) is 3.81. The molecular weight excluding hydrogens is 314 g/mol. The fraction of sp³-hybridized carbons (Fsp3) is 0.353. The maximum absolute atomic E-state index is 12.6. The van der Waals surface area contributed by atoms with Crippen LogP contribution in [0.3, 0.4) is 0 Å². The van der Waals surface area contributed by atoms with Crippen LogP contribution in [-0.2, 0) is 14.6 Å². The Labute approximate surface area is 136 Å². The molecule has 1 aromatic carbocycles. The van der Waals surface area contributed by atoms with Crippen LogP contribution in [0.15, 0.2) is 52.6 Å². The second-order valence-corrected chi connectivity index (χ2v) is 7.62. The topological polar surface area (TPSA) is 83.5 Å². The van der Waals surface area contributed by atoms with Crippen molar-refractivity contribution in [2.24, 2.45) is 0 Å². The first-order valence-corrected chi connectivity index (χ1v) is 9.08. The second-order valence-electron chi connectivity index (χ2n) is 5.55. The molecule has 2 rings (SSSR count). The van der Waals surface area contributed by atoms with Gasteiger partial charge in [-0.15, -0.1) is 0 Å². The maximum Gasteiger partial charge on any atom is 0.219 e. The van der Waals surface area contributed by atoms with E-state index in [9.17, 15) is 18.3 Å². The summed E-state index contributed by atoms with van der Waals surface area (Å²) in [5, 5.41) is 11.7. The van der Waals surface area contributed by atoms with E-state index in [-0.39, 0.29) is 4.90 Å². The SMILES string of the molecule is CCCNCC1=C(O)C(=O)C(S(=O)(=O)c2ccc(C)cc2)C=C1. The minimum Gasteiger partial charge on any atom is -0.504 e. The van der Waals surface area contributed by atoms with Gasteiger partial charge in [0.25, 0.3) is 0 Å². The summed E-state index contributed by atoms with van der Waals surface area (Å²) in [6.07, 6.45) is 3.78. The van der Waals surface area contributed by atoms with E-state index in [1.54, 1.807) is 12.1 Å². The third kappa shape index (κ3) is 3.71. The Morgan fingerprint density at radius 3 is 2.48 bits per heavy atom. The number of allylic oxidation sites excluding steroid dienone is 1. The Morgan fingerprint density at radius 2 is 1.87 bits per heavy atom. The van der Waals surface area contributed by atoms with Crippen LogP contribution in [0.4, 0.5) is 0 Å². The van der Waals surface area contributed by atoms with Crippen molar-refractivity contribution < 1.29 is 18.3 Å². The van der Waals surface area contributed by atoms with Crippen LogP contribution in [-0.4, -0.2) is 37.6 Å². The first-order valence-electron chi connectivity index (χ1n) is 7.53. The molecule has 6 heteroatoms. The summed E-state index contributed by atoms with van der Waals surface area (Å²) >= 11 is 0. The largest absolute Gasteiger partial charge is 0.504 e. The Bertz CT molecular complexity index is 745. The number of sulfone groups is 1. The lowest BCUT2D eigenvalue weighted by Gasteiger charge is -2.19. The van der Waals surface area contributed by atoms with Gasteiger partial charge in [0.1, 0.15) is 0 Å². The van der Waals surface area contributed by atoms with Crippen molar-refractivity contribution in [3.8, 4) is 0 Å². The predicted molar refractivity (Wildman–Crippen MR) is 89.1 cm³/mol. The first kappa shape index (κ1) is 17.4. The van der Waals surface area contributed by atoms with E-state index in [0.717, 1.165) is 18.5 Å². The number of aliphatic hydroxyl groups is 1. The summed E-state index contributed by atoms with van der Waals surface area (Å²) in [6, 6.07) is 6.31. The van der Waals surface area contributed by atoms with E-state index < -0.39 is 26.6 Å². The van der Waals surface area contributed by atoms with Gasteiger partial charge >= 0.3 is 0 Å². The van der Waals surface area contributed by atoms with Gasteiger partial charge in [0, 0.05) is 12.1 Å². The van der Waals surface area contributed by atoms with E-state index in [1.807, 2.05) is 13.8 Å². The molecule has 1 aliphatic carbocycles. The molecule has 0 radical (unpaired) electrons. The average Bonchev–Trinajstić information content (AvgIpc) is 2.52. The number of aryl methyl sites for hydroxylation is 1. The number of aliphatic hydroxyl groups excluding tert-OH is 1. The second kappa shape index (κ2) is 7.10. The fourth-order valence-electron chi connectivity index (χ4n) is 2.32. The molecule has 0 saturated carbocycles. The Morgan fingerprint density at radius 1 is 1.22 bits per heavy atom. The Hall–Kier alpha value is -1.92. The van der Waals surface area contributed by atoms with Crippen LogP contribution in [0, 0.1) is 6.92 Å². The highest BCUT2D eigenvalue weighted by Gasteiger charge is 2.36. The lowest BCUT2D eigenvalue weighted by molar-refractivity contribution is -0.117. The van der Waals surface area contributed by atoms with E-state index in [4.69, 9.17) is 0 Å². The van der Waals surface area contributed by atoms with Gasteiger partial charge in [0.2, 0.25) is 5.78 Å². The molecule has 0 aromatic heterocycles. The minimum absolute atomic E-state index is 0.0754. The molecule has 5 nitrogen and oxygen atoms in total. The van der Waals surface area contributed by atoms with E-state index in [2.05, 4.69) is 5.32 Å². The monoisotopic (exact) mass is 335 g/mol. The molecule has 0 heterocycles. The highest BCUT2D eigenvalue weighted by atomic mass is 32.2. The number of benzene rings is 1. The van der Waals surface area contributed by atoms with Crippen molar-refractivity contribution in [1.82, 2.24) is 5.32 Å². The molecule has 0 aliphatic heterocycles. The van der Waals surface area contributed by atoms with Gasteiger partial charge in [0.05, 0.1) is 4.90 Å². The summed E-state index contributed by atoms with van der Waals surface area (Å²) in [6.45, 7) is 4.95. The normalized spacial score (nSPS) is 18.5. The van der Waals surface area contributed by atoms with E-state index in [1.165, 1.54) is 24.3 Å². The quantitative estimate of drug-likeness (QED) is 0.778. The number of rotatable bonds is 6. The highest BCUT2D eigenvalue weighted by molar-refractivity contribution is 7.93. The summed E-state index contributed by atoms with van der Waals surface area (Å²) in [5.74, 6) is -1.25. The number of carbonyl (C=O) groups is 1. The molecule has 0 bridgehead atoms. The molecule has 1 aliphatic rings. The Kier molecular flexibility index (Phi) is 5.38. The molecular formula is C17H21NO4S. The van der Waals surface area contributed by atoms with Crippen LogP contribution in [0.5, 0.6) is 0 Å². The summed E-state index contributed by atoms with van der Waals surface area (Å²) in [4.78, 5) is 12.4. The van der Waals surface area contributed by atoms with Gasteiger partial charge in [-0.05, 0) is 32.0 Å². The summed E-state index contributed by atoms with van der Waals surface area (Å²) < 4.78 is 25.2. The highest BCUT2D eigenvalue weighted by Crippen LogP contribution is 2.24. The van der Waals surface area contributed by atoms with Gasteiger partial charge in [-0.25, -0.2) is 8.42 Å². The first-order chi connectivity index (χ1) is 10.9. The van der Waals surface area contributed by atoms with Gasteiger partial charge in [-0.1, -0.05) is 36.8 Å². The number of hydrogen-bond acceptors (Lipinski definition) is 5. The van der Waals surface area contributed by atoms with Crippen molar-refractivity contribution in [2.45, 2.75) is 30.4 Å². The molecule has 0 amide bonds. The molecule has 23 heavy (non-hydrogen) atoms. The Balaban J connectivity index is 2.25. The van der Waals surface area contributed by atoms with Gasteiger partial charge in [-0.2, -0.15) is 0 Å². The van der Waals surface area contributed by atoms with Crippen molar-refractivity contribution in [2.75, 3.05) is 13.1 Å². The zero-order valence-corrected chi connectivity index (χ0v) is 14.1. The standard InChI is InChI=1S/C17H21NO4S/c1-3-10-18-11-13-6-9-15(17(20)16(13)19)23(21,22)14-7-4-12(2)5-8-14/h4-9,15,18-19H,3,10-11H2,1-2H3. The smallest absolute Gasteiger partial charge is 0.219 e. The van der Waals surface area contributed by atoms with Crippen molar-refractivity contribution in [3.63, 3.8) is 0 Å². The number of ketones is 1. The van der Waals surface area contributed by atoms with E-state index in [0.29, 0.717) is 12.1 Å². The third-order valence-corrected chi connectivity index (χ3v) is 5.66. The van der Waals surface area contributed by atoms with Gasteiger partial charge in [0.15, 0.2) is 20.8 Å². The molecule has 2 N–H and O–H groups in total. The van der Waals surface area contributed by atoms with Crippen molar-refractivity contribution in [1.29, 1.82) is 0 Å². The average molecular weight is 335 g/mol. The number of nitrogens with one attached hydrogen (secondary N) is 1. The zero-order chi connectivity index (χ0) is 17.0. The third-order valence-electron chi connectivity index (χ3n) is 3.69. The van der Waals surface area contributed by atoms with Crippen LogP contribution in [0.2, 0.25) is 0 Å². The van der Waals surface area contributed by atoms with Crippen molar-refractivity contribution >= 4 is 15.6 Å². The van der Waals surface area contributed by atoms with Crippen LogP contribution >= 0.6 is 0 Å².